The van der Waals surface area contributed by atoms with E-state index in [2.05, 4.69) is 20.8 Å². The number of ether oxygens (including phenoxy) is 2. The minimum Gasteiger partial charge on any atom is -0.462 e. The van der Waals surface area contributed by atoms with Gasteiger partial charge in [-0.1, -0.05) is 51.1 Å². The van der Waals surface area contributed by atoms with Crippen LogP contribution in [0.1, 0.15) is 49.0 Å². The van der Waals surface area contributed by atoms with Crippen molar-refractivity contribution in [2.24, 2.45) is 5.92 Å². The van der Waals surface area contributed by atoms with Gasteiger partial charge in [-0.05, 0) is 34.2 Å². The second-order valence-electron chi connectivity index (χ2n) is 6.70. The molecular weight excluding hydrogens is 304 g/mol. The molecule has 3 rings (SSSR count). The lowest BCUT2D eigenvalue weighted by atomic mass is 9.86. The van der Waals surface area contributed by atoms with Crippen LogP contribution in [0.15, 0.2) is 36.4 Å². The molecule has 0 saturated carbocycles. The summed E-state index contributed by atoms with van der Waals surface area (Å²) in [5, 5.41) is 1.96. The number of hydrogen-bond acceptors (Lipinski definition) is 4. The van der Waals surface area contributed by atoms with E-state index in [9.17, 15) is 9.59 Å². The van der Waals surface area contributed by atoms with Crippen LogP contribution < -0.4 is 0 Å². The Morgan fingerprint density at radius 1 is 1.12 bits per heavy atom. The number of cyclic esters (lactones) is 1. The van der Waals surface area contributed by atoms with Gasteiger partial charge in [-0.15, -0.1) is 0 Å². The molecule has 0 spiro atoms. The molecule has 1 heterocycles. The van der Waals surface area contributed by atoms with Crippen LogP contribution in [-0.2, 0) is 14.3 Å². The van der Waals surface area contributed by atoms with Crippen LogP contribution in [-0.4, -0.2) is 24.6 Å². The summed E-state index contributed by atoms with van der Waals surface area (Å²) in [4.78, 5) is 23.7. The van der Waals surface area contributed by atoms with Crippen LogP contribution in [0.5, 0.6) is 0 Å². The first kappa shape index (κ1) is 16.5. The highest BCUT2D eigenvalue weighted by Gasteiger charge is 2.28. The first-order valence-electron chi connectivity index (χ1n) is 8.35. The zero-order chi connectivity index (χ0) is 17.3. The summed E-state index contributed by atoms with van der Waals surface area (Å²) < 4.78 is 10.3. The van der Waals surface area contributed by atoms with Crippen molar-refractivity contribution in [1.29, 1.82) is 0 Å². The van der Waals surface area contributed by atoms with Crippen molar-refractivity contribution in [3.63, 3.8) is 0 Å². The maximum absolute atomic E-state index is 12.5. The van der Waals surface area contributed by atoms with Gasteiger partial charge >= 0.3 is 11.9 Å². The van der Waals surface area contributed by atoms with Crippen molar-refractivity contribution in [3.8, 4) is 0 Å². The number of rotatable bonds is 4. The Balaban J connectivity index is 1.96. The monoisotopic (exact) mass is 326 g/mol. The van der Waals surface area contributed by atoms with Crippen molar-refractivity contribution < 1.29 is 19.1 Å². The Bertz CT molecular complexity index is 778. The normalized spacial score (nSPS) is 18.7. The van der Waals surface area contributed by atoms with Gasteiger partial charge in [0.15, 0.2) is 0 Å². The Kier molecular flexibility index (Phi) is 4.56. The molecule has 0 aliphatic carbocycles. The van der Waals surface area contributed by atoms with Gasteiger partial charge in [0.05, 0.1) is 12.0 Å². The van der Waals surface area contributed by atoms with E-state index < -0.39 is 12.1 Å². The van der Waals surface area contributed by atoms with Gasteiger partial charge in [0.2, 0.25) is 0 Å². The van der Waals surface area contributed by atoms with Crippen LogP contribution >= 0.6 is 0 Å². The summed E-state index contributed by atoms with van der Waals surface area (Å²) in [5.41, 5.74) is 1.76. The highest BCUT2D eigenvalue weighted by molar-refractivity contribution is 6.05. The zero-order valence-corrected chi connectivity index (χ0v) is 14.2. The first-order valence-corrected chi connectivity index (χ1v) is 8.35. The summed E-state index contributed by atoms with van der Waals surface area (Å²) in [6.45, 7) is 6.73. The molecule has 2 atom stereocenters. The van der Waals surface area contributed by atoms with Crippen LogP contribution in [0.3, 0.4) is 0 Å². The highest BCUT2D eigenvalue weighted by Crippen LogP contribution is 2.32. The summed E-state index contributed by atoms with van der Waals surface area (Å²) in [6.07, 6.45) is -0.357. The number of benzene rings is 2. The molecule has 1 aliphatic rings. The molecule has 2 aromatic rings. The van der Waals surface area contributed by atoms with Crippen molar-refractivity contribution in [2.45, 2.75) is 39.2 Å². The standard InChI is InChI=1S/C20H22O4/c1-12(2)13(3)15-8-9-18(17-7-5-4-6-16(15)17)20(22)24-14-10-19(21)23-11-14/h4-9,12-14H,10-11H2,1-3H3. The molecule has 24 heavy (non-hydrogen) atoms. The van der Waals surface area contributed by atoms with Gasteiger partial charge in [-0.3, -0.25) is 4.79 Å². The number of fused-ring (bicyclic) bond motifs is 1. The molecule has 2 unspecified atom stereocenters. The largest absolute Gasteiger partial charge is 0.462 e. The van der Waals surface area contributed by atoms with Crippen LogP contribution in [0.4, 0.5) is 0 Å². The fourth-order valence-corrected chi connectivity index (χ4v) is 3.04. The van der Waals surface area contributed by atoms with Crippen molar-refractivity contribution in [2.75, 3.05) is 6.61 Å². The maximum atomic E-state index is 12.5. The van der Waals surface area contributed by atoms with E-state index >= 15 is 0 Å². The van der Waals surface area contributed by atoms with Gasteiger partial charge in [0, 0.05) is 0 Å². The molecule has 1 saturated heterocycles. The Labute approximate surface area is 141 Å². The summed E-state index contributed by atoms with van der Waals surface area (Å²) >= 11 is 0. The second-order valence-corrected chi connectivity index (χ2v) is 6.70. The predicted molar refractivity (Wildman–Crippen MR) is 92.0 cm³/mol. The van der Waals surface area contributed by atoms with Gasteiger partial charge < -0.3 is 9.47 Å². The van der Waals surface area contributed by atoms with E-state index in [4.69, 9.17) is 9.47 Å². The molecule has 0 N–H and O–H groups in total. The molecule has 1 aliphatic heterocycles. The SMILES string of the molecule is CC(C)C(C)c1ccc(C(=O)OC2COC(=O)C2)c2ccccc12. The third kappa shape index (κ3) is 3.14. The molecule has 2 aromatic carbocycles. The maximum Gasteiger partial charge on any atom is 0.339 e. The molecule has 1 fully saturated rings. The smallest absolute Gasteiger partial charge is 0.339 e. The number of esters is 2. The van der Waals surface area contributed by atoms with E-state index in [0.29, 0.717) is 17.4 Å². The van der Waals surface area contributed by atoms with E-state index in [1.165, 1.54) is 5.56 Å². The summed E-state index contributed by atoms with van der Waals surface area (Å²) in [7, 11) is 0. The van der Waals surface area contributed by atoms with E-state index in [1.807, 2.05) is 36.4 Å². The second kappa shape index (κ2) is 6.63. The van der Waals surface area contributed by atoms with Gasteiger partial charge in [-0.25, -0.2) is 4.79 Å². The van der Waals surface area contributed by atoms with Gasteiger partial charge in [-0.2, -0.15) is 0 Å². The molecular formula is C20H22O4. The van der Waals surface area contributed by atoms with Crippen molar-refractivity contribution >= 4 is 22.7 Å². The fourth-order valence-electron chi connectivity index (χ4n) is 3.04. The van der Waals surface area contributed by atoms with Crippen LogP contribution in [0.25, 0.3) is 10.8 Å². The Morgan fingerprint density at radius 2 is 1.83 bits per heavy atom. The molecule has 126 valence electrons. The third-order valence-electron chi connectivity index (χ3n) is 4.77. The molecule has 0 amide bonds. The molecule has 4 heteroatoms. The number of carbonyl (C=O) groups excluding carboxylic acids is 2. The lowest BCUT2D eigenvalue weighted by molar-refractivity contribution is -0.137. The lowest BCUT2D eigenvalue weighted by Gasteiger charge is -2.20. The molecule has 0 bridgehead atoms. The first-order chi connectivity index (χ1) is 11.5. The predicted octanol–water partition coefficient (Wildman–Crippen LogP) is 4.07. The lowest BCUT2D eigenvalue weighted by Crippen LogP contribution is -2.18. The van der Waals surface area contributed by atoms with Crippen LogP contribution in [0.2, 0.25) is 0 Å². The van der Waals surface area contributed by atoms with E-state index in [1.54, 1.807) is 0 Å². The average molecular weight is 326 g/mol. The van der Waals surface area contributed by atoms with Gasteiger partial charge in [0.25, 0.3) is 0 Å². The van der Waals surface area contributed by atoms with Gasteiger partial charge in [0.1, 0.15) is 12.7 Å². The highest BCUT2D eigenvalue weighted by atomic mass is 16.6. The van der Waals surface area contributed by atoms with Crippen molar-refractivity contribution in [1.82, 2.24) is 0 Å². The zero-order valence-electron chi connectivity index (χ0n) is 14.2. The number of carbonyl (C=O) groups is 2. The quantitative estimate of drug-likeness (QED) is 0.795. The minimum absolute atomic E-state index is 0.131. The molecule has 0 radical (unpaired) electrons. The van der Waals surface area contributed by atoms with E-state index in [-0.39, 0.29) is 19.0 Å². The number of hydrogen-bond donors (Lipinski definition) is 0. The van der Waals surface area contributed by atoms with Crippen molar-refractivity contribution in [3.05, 3.63) is 47.5 Å². The minimum atomic E-state index is -0.488. The Hall–Kier alpha value is -2.36. The topological polar surface area (TPSA) is 52.6 Å². The average Bonchev–Trinajstić information content (AvgIpc) is 2.97. The van der Waals surface area contributed by atoms with E-state index in [0.717, 1.165) is 10.8 Å². The summed E-state index contributed by atoms with van der Waals surface area (Å²) in [6, 6.07) is 11.7. The Morgan fingerprint density at radius 3 is 2.46 bits per heavy atom. The fraction of sp³-hybridized carbons (Fsp3) is 0.400. The molecule has 0 aromatic heterocycles. The third-order valence-corrected chi connectivity index (χ3v) is 4.77. The summed E-state index contributed by atoms with van der Waals surface area (Å²) in [5.74, 6) is 0.172. The van der Waals surface area contributed by atoms with Crippen LogP contribution in [0, 0.1) is 5.92 Å². The molecule has 4 nitrogen and oxygen atoms in total.